The largest absolute Gasteiger partial charge is 0.358 e. The van der Waals surface area contributed by atoms with Gasteiger partial charge < -0.3 is 10.6 Å². The minimum absolute atomic E-state index is 0.167. The first kappa shape index (κ1) is 16.5. The van der Waals surface area contributed by atoms with Gasteiger partial charge in [-0.05, 0) is 24.8 Å². The number of hydrogen-bond donors (Lipinski definition) is 3. The van der Waals surface area contributed by atoms with Crippen molar-refractivity contribution >= 4 is 40.1 Å². The van der Waals surface area contributed by atoms with E-state index < -0.39 is 0 Å². The van der Waals surface area contributed by atoms with Crippen LogP contribution in [0.3, 0.4) is 0 Å². The Morgan fingerprint density at radius 3 is 2.90 bits per heavy atom. The van der Waals surface area contributed by atoms with Crippen molar-refractivity contribution in [3.05, 3.63) is 35.9 Å². The van der Waals surface area contributed by atoms with E-state index in [2.05, 4.69) is 15.6 Å². The van der Waals surface area contributed by atoms with Gasteiger partial charge in [0.2, 0.25) is 5.91 Å². The summed E-state index contributed by atoms with van der Waals surface area (Å²) >= 11 is 7.25. The fraction of sp³-hybridized carbons (Fsp3) is 0.308. The molecule has 1 amide bonds. The quantitative estimate of drug-likeness (QED) is 0.676. The normalized spacial score (nSPS) is 11.1. The van der Waals surface area contributed by atoms with Gasteiger partial charge in [0.1, 0.15) is 5.17 Å². The van der Waals surface area contributed by atoms with Crippen LogP contribution in [0.5, 0.6) is 0 Å². The minimum Gasteiger partial charge on any atom is -0.358 e. The number of nitrogens with zero attached hydrogens (tertiary/aromatic N) is 1. The van der Waals surface area contributed by atoms with E-state index in [1.807, 2.05) is 19.2 Å². The zero-order valence-electron chi connectivity index (χ0n) is 11.4. The van der Waals surface area contributed by atoms with Crippen LogP contribution in [-0.2, 0) is 4.79 Å². The number of nitrogens with one attached hydrogen (secondary N) is 3. The van der Waals surface area contributed by atoms with Crippen molar-refractivity contribution < 1.29 is 4.79 Å². The molecule has 0 fully saturated rings. The van der Waals surface area contributed by atoms with Crippen molar-refractivity contribution in [1.29, 1.82) is 5.41 Å². The summed E-state index contributed by atoms with van der Waals surface area (Å²) in [7, 11) is 0. The summed E-state index contributed by atoms with van der Waals surface area (Å²) < 4.78 is 0. The Morgan fingerprint density at radius 2 is 2.30 bits per heavy atom. The van der Waals surface area contributed by atoms with Gasteiger partial charge in [0.25, 0.3) is 0 Å². The van der Waals surface area contributed by atoms with Crippen LogP contribution in [0.25, 0.3) is 0 Å². The average molecular weight is 313 g/mol. The van der Waals surface area contributed by atoms with Gasteiger partial charge in [-0.3, -0.25) is 15.2 Å². The SMILES string of the molecule is CSCCC(=O)N/C(=C/Nc1cncc(C)c1)C(=N)Cl. The fourth-order valence-electron chi connectivity index (χ4n) is 1.35. The lowest BCUT2D eigenvalue weighted by Gasteiger charge is -2.08. The van der Waals surface area contributed by atoms with Gasteiger partial charge in [-0.2, -0.15) is 11.8 Å². The van der Waals surface area contributed by atoms with Gasteiger partial charge in [-0.15, -0.1) is 0 Å². The Morgan fingerprint density at radius 1 is 1.55 bits per heavy atom. The van der Waals surface area contributed by atoms with Crippen molar-refractivity contribution in [2.75, 3.05) is 17.3 Å². The lowest BCUT2D eigenvalue weighted by Crippen LogP contribution is -2.26. The third-order valence-electron chi connectivity index (χ3n) is 2.30. The number of thioether (sulfide) groups is 1. The molecule has 1 heterocycles. The van der Waals surface area contributed by atoms with E-state index in [9.17, 15) is 4.79 Å². The molecule has 108 valence electrons. The second kappa shape index (κ2) is 8.60. The molecule has 0 bridgehead atoms. The molecular formula is C13H17ClN4OS. The van der Waals surface area contributed by atoms with Crippen molar-refractivity contribution in [3.63, 3.8) is 0 Å². The predicted octanol–water partition coefficient (Wildman–Crippen LogP) is 2.73. The number of halogens is 1. The average Bonchev–Trinajstić information content (AvgIpc) is 2.41. The highest BCUT2D eigenvalue weighted by molar-refractivity contribution is 7.98. The maximum atomic E-state index is 11.6. The molecule has 1 aromatic rings. The number of hydrogen-bond acceptors (Lipinski definition) is 5. The Kier molecular flexibility index (Phi) is 7.11. The van der Waals surface area contributed by atoms with Crippen molar-refractivity contribution in [2.24, 2.45) is 0 Å². The predicted molar refractivity (Wildman–Crippen MR) is 85.4 cm³/mol. The number of aryl methyl sites for hydroxylation is 1. The lowest BCUT2D eigenvalue weighted by atomic mass is 10.3. The van der Waals surface area contributed by atoms with Gasteiger partial charge >= 0.3 is 0 Å². The molecule has 0 aliphatic rings. The number of anilines is 1. The molecule has 1 rings (SSSR count). The maximum absolute atomic E-state index is 11.6. The van der Waals surface area contributed by atoms with E-state index >= 15 is 0 Å². The molecule has 3 N–H and O–H groups in total. The van der Waals surface area contributed by atoms with Crippen LogP contribution in [0.2, 0.25) is 0 Å². The van der Waals surface area contributed by atoms with Crippen molar-refractivity contribution in [1.82, 2.24) is 10.3 Å². The van der Waals surface area contributed by atoms with Crippen LogP contribution in [0, 0.1) is 12.3 Å². The summed E-state index contributed by atoms with van der Waals surface area (Å²) in [6.07, 6.45) is 7.19. The molecule has 0 atom stereocenters. The highest BCUT2D eigenvalue weighted by Crippen LogP contribution is 2.08. The van der Waals surface area contributed by atoms with Crippen molar-refractivity contribution in [2.45, 2.75) is 13.3 Å². The Bertz CT molecular complexity index is 519. The molecule has 20 heavy (non-hydrogen) atoms. The first-order valence-corrected chi connectivity index (χ1v) is 7.71. The van der Waals surface area contributed by atoms with Gasteiger partial charge in [0.15, 0.2) is 0 Å². The van der Waals surface area contributed by atoms with Gasteiger partial charge in [-0.25, -0.2) is 0 Å². The molecule has 0 saturated carbocycles. The molecule has 0 unspecified atom stereocenters. The third-order valence-corrected chi connectivity index (χ3v) is 3.12. The van der Waals surface area contributed by atoms with E-state index in [-0.39, 0.29) is 16.8 Å². The molecule has 0 aliphatic heterocycles. The van der Waals surface area contributed by atoms with E-state index in [1.165, 1.54) is 6.20 Å². The van der Waals surface area contributed by atoms with Crippen molar-refractivity contribution in [3.8, 4) is 0 Å². The van der Waals surface area contributed by atoms with Crippen LogP contribution >= 0.6 is 23.4 Å². The summed E-state index contributed by atoms with van der Waals surface area (Å²) in [4.78, 5) is 15.7. The summed E-state index contributed by atoms with van der Waals surface area (Å²) in [5.41, 5.74) is 2.01. The molecule has 5 nitrogen and oxygen atoms in total. The van der Waals surface area contributed by atoms with Gasteiger partial charge in [0, 0.05) is 24.6 Å². The second-order valence-corrected chi connectivity index (χ2v) is 5.42. The smallest absolute Gasteiger partial charge is 0.225 e. The molecule has 7 heteroatoms. The molecule has 0 aromatic carbocycles. The zero-order valence-corrected chi connectivity index (χ0v) is 12.9. The monoisotopic (exact) mass is 312 g/mol. The van der Waals surface area contributed by atoms with Crippen LogP contribution < -0.4 is 10.6 Å². The Hall–Kier alpha value is -1.53. The minimum atomic E-state index is -0.226. The molecule has 0 aliphatic carbocycles. The van der Waals surface area contributed by atoms with E-state index in [0.717, 1.165) is 17.0 Å². The number of amides is 1. The first-order chi connectivity index (χ1) is 9.52. The van der Waals surface area contributed by atoms with Crippen LogP contribution in [0.4, 0.5) is 5.69 Å². The number of aromatic nitrogens is 1. The van der Waals surface area contributed by atoms with E-state index in [4.69, 9.17) is 17.0 Å². The van der Waals surface area contributed by atoms with Gasteiger partial charge in [-0.1, -0.05) is 11.6 Å². The molecule has 0 spiro atoms. The number of rotatable bonds is 7. The number of pyridine rings is 1. The highest BCUT2D eigenvalue weighted by Gasteiger charge is 2.07. The van der Waals surface area contributed by atoms with E-state index in [1.54, 1.807) is 24.2 Å². The summed E-state index contributed by atoms with van der Waals surface area (Å²) in [6, 6.07) is 1.90. The summed E-state index contributed by atoms with van der Waals surface area (Å²) in [6.45, 7) is 1.93. The molecule has 0 saturated heterocycles. The standard InChI is InChI=1S/C13H17ClN4OS/c1-9-5-10(7-16-6-9)17-8-11(13(14)15)18-12(19)3-4-20-2/h5-8,15,17H,3-4H2,1-2H3,(H,18,19)/b11-8+,15-13?. The summed E-state index contributed by atoms with van der Waals surface area (Å²) in [5.74, 6) is 0.560. The number of allylic oxidation sites excluding steroid dienone is 1. The molecule has 0 radical (unpaired) electrons. The summed E-state index contributed by atoms with van der Waals surface area (Å²) in [5, 5.41) is 12.8. The van der Waals surface area contributed by atoms with Crippen LogP contribution in [0.15, 0.2) is 30.4 Å². The lowest BCUT2D eigenvalue weighted by molar-refractivity contribution is -0.119. The Balaban J connectivity index is 2.68. The first-order valence-electron chi connectivity index (χ1n) is 5.94. The van der Waals surface area contributed by atoms with Crippen LogP contribution in [-0.4, -0.2) is 28.1 Å². The molecular weight excluding hydrogens is 296 g/mol. The topological polar surface area (TPSA) is 77.9 Å². The molecule has 1 aromatic heterocycles. The fourth-order valence-corrected chi connectivity index (χ4v) is 1.84. The zero-order chi connectivity index (χ0) is 15.0. The number of carbonyl (C=O) groups is 1. The second-order valence-electron chi connectivity index (χ2n) is 4.06. The number of carbonyl (C=O) groups excluding carboxylic acids is 1. The third kappa shape index (κ3) is 6.08. The van der Waals surface area contributed by atoms with Gasteiger partial charge in [0.05, 0.1) is 17.6 Å². The highest BCUT2D eigenvalue weighted by atomic mass is 35.5. The van der Waals surface area contributed by atoms with E-state index in [0.29, 0.717) is 6.42 Å². The van der Waals surface area contributed by atoms with Crippen LogP contribution in [0.1, 0.15) is 12.0 Å². The maximum Gasteiger partial charge on any atom is 0.225 e. The Labute approximate surface area is 127 Å².